The normalized spacial score (nSPS) is 23.1. The predicted molar refractivity (Wildman–Crippen MR) is 74.6 cm³/mol. The van der Waals surface area contributed by atoms with Gasteiger partial charge in [-0.2, -0.15) is 0 Å². The molecule has 0 saturated heterocycles. The molecular weight excluding hydrogens is 241 g/mol. The maximum absolute atomic E-state index is 13.0. The van der Waals surface area contributed by atoms with Gasteiger partial charge >= 0.3 is 0 Å². The molecule has 1 amide bonds. The average Bonchev–Trinajstić information content (AvgIpc) is 2.37. The summed E-state index contributed by atoms with van der Waals surface area (Å²) in [5.74, 6) is 0.882. The van der Waals surface area contributed by atoms with Crippen molar-refractivity contribution in [2.75, 3.05) is 6.54 Å². The highest BCUT2D eigenvalue weighted by atomic mass is 19.1. The van der Waals surface area contributed by atoms with E-state index in [1.165, 1.54) is 37.8 Å². The molecule has 0 aliphatic heterocycles. The van der Waals surface area contributed by atoms with E-state index in [1.807, 2.05) is 0 Å². The van der Waals surface area contributed by atoms with Gasteiger partial charge in [-0.3, -0.25) is 4.79 Å². The van der Waals surface area contributed by atoms with Crippen LogP contribution in [-0.2, 0) is 0 Å². The number of benzene rings is 1. The van der Waals surface area contributed by atoms with Gasteiger partial charge in [0.25, 0.3) is 5.91 Å². The van der Waals surface area contributed by atoms with Crippen molar-refractivity contribution in [3.63, 3.8) is 0 Å². The number of carbonyl (C=O) groups excluding carboxylic acids is 1. The van der Waals surface area contributed by atoms with Gasteiger partial charge in [0.05, 0.1) is 0 Å². The fourth-order valence-corrected chi connectivity index (χ4v) is 2.90. The van der Waals surface area contributed by atoms with E-state index >= 15 is 0 Å². The van der Waals surface area contributed by atoms with Gasteiger partial charge in [-0.25, -0.2) is 4.39 Å². The number of rotatable bonds is 3. The fraction of sp³-hybridized carbons (Fsp3) is 0.562. The first-order valence-electron chi connectivity index (χ1n) is 7.12. The molecule has 1 aliphatic rings. The number of hydrogen-bond acceptors (Lipinski definition) is 1. The van der Waals surface area contributed by atoms with Gasteiger partial charge in [-0.15, -0.1) is 0 Å². The molecule has 0 heterocycles. The lowest BCUT2D eigenvalue weighted by atomic mass is 9.80. The fourth-order valence-electron chi connectivity index (χ4n) is 2.90. The van der Waals surface area contributed by atoms with Crippen molar-refractivity contribution in [3.8, 4) is 0 Å². The minimum Gasteiger partial charge on any atom is -0.352 e. The van der Waals surface area contributed by atoms with E-state index in [-0.39, 0.29) is 11.7 Å². The van der Waals surface area contributed by atoms with Crippen LogP contribution in [-0.4, -0.2) is 12.5 Å². The SMILES string of the molecule is Cc1cc(F)ccc1C(=O)NCC1CCCCC1C. The molecule has 104 valence electrons. The zero-order valence-electron chi connectivity index (χ0n) is 11.7. The highest BCUT2D eigenvalue weighted by Crippen LogP contribution is 2.28. The van der Waals surface area contributed by atoms with Crippen LogP contribution < -0.4 is 5.32 Å². The van der Waals surface area contributed by atoms with Gasteiger partial charge in [-0.05, 0) is 48.9 Å². The molecule has 1 aliphatic carbocycles. The maximum atomic E-state index is 13.0. The number of nitrogens with one attached hydrogen (secondary N) is 1. The Morgan fingerprint density at radius 1 is 1.37 bits per heavy atom. The predicted octanol–water partition coefficient (Wildman–Crippen LogP) is 3.69. The van der Waals surface area contributed by atoms with Gasteiger partial charge in [0.15, 0.2) is 0 Å². The zero-order valence-corrected chi connectivity index (χ0v) is 11.7. The molecule has 0 spiro atoms. The van der Waals surface area contributed by atoms with Crippen LogP contribution >= 0.6 is 0 Å². The standard InChI is InChI=1S/C16H22FNO/c1-11-5-3-4-6-13(11)10-18-16(19)15-8-7-14(17)9-12(15)2/h7-9,11,13H,3-6,10H2,1-2H3,(H,18,19). The van der Waals surface area contributed by atoms with Crippen LogP contribution in [0.4, 0.5) is 4.39 Å². The number of halogens is 1. The van der Waals surface area contributed by atoms with Crippen LogP contribution in [0.15, 0.2) is 18.2 Å². The molecule has 2 atom stereocenters. The third kappa shape index (κ3) is 3.55. The van der Waals surface area contributed by atoms with Gasteiger partial charge in [-0.1, -0.05) is 26.2 Å². The summed E-state index contributed by atoms with van der Waals surface area (Å²) in [4.78, 5) is 12.1. The number of amides is 1. The maximum Gasteiger partial charge on any atom is 0.251 e. The van der Waals surface area contributed by atoms with Crippen molar-refractivity contribution in [3.05, 3.63) is 35.1 Å². The van der Waals surface area contributed by atoms with E-state index in [1.54, 1.807) is 13.0 Å². The lowest BCUT2D eigenvalue weighted by molar-refractivity contribution is 0.0936. The molecule has 19 heavy (non-hydrogen) atoms. The molecule has 1 saturated carbocycles. The second kappa shape index (κ2) is 6.18. The van der Waals surface area contributed by atoms with Gasteiger partial charge < -0.3 is 5.32 Å². The van der Waals surface area contributed by atoms with Gasteiger partial charge in [0.2, 0.25) is 0 Å². The van der Waals surface area contributed by atoms with Crippen molar-refractivity contribution < 1.29 is 9.18 Å². The van der Waals surface area contributed by atoms with Crippen LogP contribution in [0.1, 0.15) is 48.5 Å². The Hall–Kier alpha value is -1.38. The third-order valence-electron chi connectivity index (χ3n) is 4.25. The molecule has 1 aromatic rings. The van der Waals surface area contributed by atoms with E-state index in [4.69, 9.17) is 0 Å². The van der Waals surface area contributed by atoms with Crippen LogP contribution in [0, 0.1) is 24.6 Å². The zero-order chi connectivity index (χ0) is 13.8. The lowest BCUT2D eigenvalue weighted by Crippen LogP contribution is -2.33. The van der Waals surface area contributed by atoms with E-state index in [2.05, 4.69) is 12.2 Å². The molecule has 0 aromatic heterocycles. The van der Waals surface area contributed by atoms with Crippen molar-refractivity contribution >= 4 is 5.91 Å². The molecule has 2 nitrogen and oxygen atoms in total. The Balaban J connectivity index is 1.93. The highest BCUT2D eigenvalue weighted by Gasteiger charge is 2.22. The van der Waals surface area contributed by atoms with Gasteiger partial charge in [0, 0.05) is 12.1 Å². The van der Waals surface area contributed by atoms with Crippen molar-refractivity contribution in [1.29, 1.82) is 0 Å². The first-order valence-corrected chi connectivity index (χ1v) is 7.12. The average molecular weight is 263 g/mol. The van der Waals surface area contributed by atoms with Crippen LogP contribution in [0.3, 0.4) is 0 Å². The molecule has 1 fully saturated rings. The summed E-state index contributed by atoms with van der Waals surface area (Å²) >= 11 is 0. The molecule has 0 bridgehead atoms. The lowest BCUT2D eigenvalue weighted by Gasteiger charge is -2.28. The summed E-state index contributed by atoms with van der Waals surface area (Å²) in [7, 11) is 0. The topological polar surface area (TPSA) is 29.1 Å². The van der Waals surface area contributed by atoms with Crippen molar-refractivity contribution in [2.24, 2.45) is 11.8 Å². The monoisotopic (exact) mass is 263 g/mol. The molecular formula is C16H22FNO. The van der Waals surface area contributed by atoms with E-state index in [0.717, 1.165) is 6.54 Å². The second-order valence-electron chi connectivity index (χ2n) is 5.69. The summed E-state index contributed by atoms with van der Waals surface area (Å²) in [5, 5.41) is 3.00. The van der Waals surface area contributed by atoms with Crippen molar-refractivity contribution in [1.82, 2.24) is 5.32 Å². The summed E-state index contributed by atoms with van der Waals surface area (Å²) < 4.78 is 13.0. The Morgan fingerprint density at radius 3 is 2.79 bits per heavy atom. The Kier molecular flexibility index (Phi) is 4.56. The first-order chi connectivity index (χ1) is 9.08. The number of carbonyl (C=O) groups is 1. The molecule has 0 radical (unpaired) electrons. The molecule has 1 aromatic carbocycles. The van der Waals surface area contributed by atoms with E-state index in [9.17, 15) is 9.18 Å². The smallest absolute Gasteiger partial charge is 0.251 e. The second-order valence-corrected chi connectivity index (χ2v) is 5.69. The molecule has 1 N–H and O–H groups in total. The first kappa shape index (κ1) is 14.0. The summed E-state index contributed by atoms with van der Waals surface area (Å²) in [6, 6.07) is 4.30. The van der Waals surface area contributed by atoms with Gasteiger partial charge in [0.1, 0.15) is 5.82 Å². The minimum absolute atomic E-state index is 0.0877. The molecule has 3 heteroatoms. The van der Waals surface area contributed by atoms with E-state index < -0.39 is 0 Å². The van der Waals surface area contributed by atoms with E-state index in [0.29, 0.717) is 23.0 Å². The molecule has 2 unspecified atom stereocenters. The number of aryl methyl sites for hydroxylation is 1. The molecule has 2 rings (SSSR count). The Labute approximate surface area is 114 Å². The van der Waals surface area contributed by atoms with Crippen LogP contribution in [0.5, 0.6) is 0 Å². The summed E-state index contributed by atoms with van der Waals surface area (Å²) in [6.45, 7) is 4.76. The largest absolute Gasteiger partial charge is 0.352 e. The minimum atomic E-state index is -0.296. The third-order valence-corrected chi connectivity index (χ3v) is 4.25. The Morgan fingerprint density at radius 2 is 2.11 bits per heavy atom. The summed E-state index contributed by atoms with van der Waals surface area (Å²) in [6.07, 6.45) is 5.03. The Bertz CT molecular complexity index is 458. The highest BCUT2D eigenvalue weighted by molar-refractivity contribution is 5.95. The number of hydrogen-bond donors (Lipinski definition) is 1. The van der Waals surface area contributed by atoms with Crippen LogP contribution in [0.2, 0.25) is 0 Å². The van der Waals surface area contributed by atoms with Crippen molar-refractivity contribution in [2.45, 2.75) is 39.5 Å². The van der Waals surface area contributed by atoms with Crippen LogP contribution in [0.25, 0.3) is 0 Å². The summed E-state index contributed by atoms with van der Waals surface area (Å²) in [5.41, 5.74) is 1.26. The quantitative estimate of drug-likeness (QED) is 0.885.